The number of hydrogen-bond donors (Lipinski definition) is 1. The summed E-state index contributed by atoms with van der Waals surface area (Å²) in [6.45, 7) is 3.76. The van der Waals surface area contributed by atoms with Gasteiger partial charge in [-0.25, -0.2) is 0 Å². The van der Waals surface area contributed by atoms with Gasteiger partial charge in [0.15, 0.2) is 0 Å². The van der Waals surface area contributed by atoms with E-state index in [1.54, 1.807) is 10.7 Å². The molecule has 0 radical (unpaired) electrons. The molecule has 2 aromatic heterocycles. The van der Waals surface area contributed by atoms with Crippen molar-refractivity contribution in [3.63, 3.8) is 0 Å². The first kappa shape index (κ1) is 22.5. The minimum atomic E-state index is -4.36. The lowest BCUT2D eigenvalue weighted by atomic mass is 10.1. The molecule has 0 saturated carbocycles. The highest BCUT2D eigenvalue weighted by Crippen LogP contribution is 2.26. The Morgan fingerprint density at radius 1 is 1.18 bits per heavy atom. The van der Waals surface area contributed by atoms with E-state index >= 15 is 0 Å². The SMILES string of the molecule is COc1ccc(-c2nnn(-c3ccc(S(=O)(=O)O)cc3)[n+]2-c2nc(C)c(C)s2)cc1C(=O)[O-]. The zero-order valence-corrected chi connectivity index (χ0v) is 19.2. The molecule has 0 aliphatic rings. The zero-order chi connectivity index (χ0) is 23.9. The maximum atomic E-state index is 11.6. The molecule has 11 nitrogen and oxygen atoms in total. The fourth-order valence-electron chi connectivity index (χ4n) is 3.08. The van der Waals surface area contributed by atoms with Crippen LogP contribution in [0.3, 0.4) is 0 Å². The molecule has 0 unspecified atom stereocenters. The summed E-state index contributed by atoms with van der Waals surface area (Å²) in [5.41, 5.74) is 1.50. The summed E-state index contributed by atoms with van der Waals surface area (Å²) in [4.78, 5) is 18.2. The third kappa shape index (κ3) is 4.20. The van der Waals surface area contributed by atoms with Crippen molar-refractivity contribution >= 4 is 27.4 Å². The minimum absolute atomic E-state index is 0.138. The Morgan fingerprint density at radius 3 is 2.42 bits per heavy atom. The largest absolute Gasteiger partial charge is 0.545 e. The third-order valence-electron chi connectivity index (χ3n) is 4.86. The molecule has 4 aromatic rings. The van der Waals surface area contributed by atoms with Crippen molar-refractivity contribution in [2.45, 2.75) is 18.7 Å². The summed E-state index contributed by atoms with van der Waals surface area (Å²) < 4.78 is 38.7. The highest BCUT2D eigenvalue weighted by molar-refractivity contribution is 7.85. The minimum Gasteiger partial charge on any atom is -0.545 e. The van der Waals surface area contributed by atoms with Crippen LogP contribution in [0.25, 0.3) is 22.2 Å². The Labute approximate surface area is 192 Å². The number of benzene rings is 2. The van der Waals surface area contributed by atoms with Gasteiger partial charge >= 0.3 is 11.0 Å². The fraction of sp³-hybridized carbons (Fsp3) is 0.150. The molecule has 0 bridgehead atoms. The number of carbonyl (C=O) groups is 1. The second-order valence-electron chi connectivity index (χ2n) is 6.92. The van der Waals surface area contributed by atoms with Gasteiger partial charge in [0.2, 0.25) is 0 Å². The van der Waals surface area contributed by atoms with Crippen molar-refractivity contribution in [3.8, 4) is 28.0 Å². The quantitative estimate of drug-likeness (QED) is 0.309. The van der Waals surface area contributed by atoms with E-state index in [2.05, 4.69) is 15.3 Å². The topological polar surface area (TPSA) is 151 Å². The Kier molecular flexibility index (Phi) is 5.69. The Hall–Kier alpha value is -3.68. The van der Waals surface area contributed by atoms with E-state index < -0.39 is 16.1 Å². The van der Waals surface area contributed by atoms with Crippen LogP contribution in [0.4, 0.5) is 0 Å². The molecule has 4 rings (SSSR count). The lowest BCUT2D eigenvalue weighted by molar-refractivity contribution is -0.669. The molecule has 0 aliphatic carbocycles. The normalized spacial score (nSPS) is 11.5. The van der Waals surface area contributed by atoms with Gasteiger partial charge in [-0.2, -0.15) is 8.42 Å². The van der Waals surface area contributed by atoms with Gasteiger partial charge in [0, 0.05) is 16.0 Å². The maximum Gasteiger partial charge on any atom is 0.313 e. The molecule has 0 aliphatic heterocycles. The molecule has 0 amide bonds. The van der Waals surface area contributed by atoms with E-state index in [9.17, 15) is 22.9 Å². The number of hydrogen-bond acceptors (Lipinski definition) is 9. The number of tetrazole rings is 1. The van der Waals surface area contributed by atoms with Crippen LogP contribution in [0.15, 0.2) is 47.4 Å². The number of thiazole rings is 1. The number of carbonyl (C=O) groups excluding carboxylic acids is 1. The lowest BCUT2D eigenvalue weighted by Crippen LogP contribution is -2.42. The van der Waals surface area contributed by atoms with Gasteiger partial charge in [-0.15, -0.1) is 4.98 Å². The number of carboxylic acid groups (broad SMARTS) is 1. The van der Waals surface area contributed by atoms with Crippen LogP contribution in [-0.4, -0.2) is 46.1 Å². The average molecular weight is 488 g/mol. The number of aromatic carboxylic acids is 1. The van der Waals surface area contributed by atoms with Crippen LogP contribution in [0.5, 0.6) is 5.75 Å². The molecule has 33 heavy (non-hydrogen) atoms. The molecular formula is C20H17N5O6S2. The summed E-state index contributed by atoms with van der Waals surface area (Å²) in [6.07, 6.45) is 0. The molecule has 0 spiro atoms. The zero-order valence-electron chi connectivity index (χ0n) is 17.6. The first-order chi connectivity index (χ1) is 15.6. The van der Waals surface area contributed by atoms with Crippen LogP contribution < -0.4 is 14.5 Å². The van der Waals surface area contributed by atoms with Crippen LogP contribution in [0.1, 0.15) is 20.9 Å². The Morgan fingerprint density at radius 2 is 1.88 bits per heavy atom. The second kappa shape index (κ2) is 8.35. The molecule has 1 N–H and O–H groups in total. The van der Waals surface area contributed by atoms with Gasteiger partial charge in [0.05, 0.1) is 23.1 Å². The number of aryl methyl sites for hydroxylation is 2. The standard InChI is InChI=1S/C20H17N5O6S2/c1-11-12(2)32-20(21-11)24-18(13-4-9-17(31-3)16(10-13)19(26)27)22-23-25(24)14-5-7-15(8-6-14)33(28,29)30/h4-10H,1-3H3,(H-,26,27,28,29,30). The van der Waals surface area contributed by atoms with Gasteiger partial charge in [0.25, 0.3) is 10.1 Å². The van der Waals surface area contributed by atoms with Crippen molar-refractivity contribution in [3.05, 3.63) is 58.6 Å². The van der Waals surface area contributed by atoms with Gasteiger partial charge in [0.1, 0.15) is 22.3 Å². The van der Waals surface area contributed by atoms with Crippen LogP contribution in [0, 0.1) is 13.8 Å². The molecule has 13 heteroatoms. The van der Waals surface area contributed by atoms with Gasteiger partial charge in [-0.3, -0.25) is 4.55 Å². The van der Waals surface area contributed by atoms with Crippen molar-refractivity contribution in [1.29, 1.82) is 0 Å². The second-order valence-corrected chi connectivity index (χ2v) is 9.53. The highest BCUT2D eigenvalue weighted by atomic mass is 32.2. The number of nitrogens with zero attached hydrogens (tertiary/aromatic N) is 5. The molecular weight excluding hydrogens is 470 g/mol. The summed E-state index contributed by atoms with van der Waals surface area (Å²) >= 11 is 1.38. The number of methoxy groups -OCH3 is 1. The van der Waals surface area contributed by atoms with E-state index in [4.69, 9.17) is 4.74 Å². The first-order valence-electron chi connectivity index (χ1n) is 9.40. The van der Waals surface area contributed by atoms with E-state index in [0.717, 1.165) is 10.6 Å². The van der Waals surface area contributed by atoms with Crippen LogP contribution in [-0.2, 0) is 10.1 Å². The smallest absolute Gasteiger partial charge is 0.313 e. The fourth-order valence-corrected chi connectivity index (χ4v) is 4.46. The first-order valence-corrected chi connectivity index (χ1v) is 11.7. The van der Waals surface area contributed by atoms with Crippen molar-refractivity contribution in [1.82, 2.24) is 20.1 Å². The molecule has 0 saturated heterocycles. The maximum absolute atomic E-state index is 11.6. The van der Waals surface area contributed by atoms with E-state index in [1.165, 1.54) is 59.6 Å². The summed E-state index contributed by atoms with van der Waals surface area (Å²) in [5, 5.41) is 20.5. The Bertz CT molecular complexity index is 1460. The third-order valence-corrected chi connectivity index (χ3v) is 6.77. The van der Waals surface area contributed by atoms with Crippen molar-refractivity contribution in [2.75, 3.05) is 7.11 Å². The molecule has 0 atom stereocenters. The summed E-state index contributed by atoms with van der Waals surface area (Å²) in [5.74, 6) is -0.985. The van der Waals surface area contributed by atoms with E-state index in [-0.39, 0.29) is 22.0 Å². The predicted octanol–water partition coefficient (Wildman–Crippen LogP) is 0.903. The lowest BCUT2D eigenvalue weighted by Gasteiger charge is -2.10. The summed E-state index contributed by atoms with van der Waals surface area (Å²) in [6, 6.07) is 9.85. The van der Waals surface area contributed by atoms with E-state index in [0.29, 0.717) is 16.4 Å². The number of carboxylic acids is 1. The number of aromatic nitrogens is 5. The highest BCUT2D eigenvalue weighted by Gasteiger charge is 2.28. The average Bonchev–Trinajstić information content (AvgIpc) is 3.36. The van der Waals surface area contributed by atoms with Crippen molar-refractivity contribution in [2.24, 2.45) is 0 Å². The van der Waals surface area contributed by atoms with Gasteiger partial charge in [-0.1, -0.05) is 16.0 Å². The molecule has 0 fully saturated rings. The molecule has 2 aromatic carbocycles. The van der Waals surface area contributed by atoms with Crippen LogP contribution in [0.2, 0.25) is 0 Å². The molecule has 170 valence electrons. The van der Waals surface area contributed by atoms with Gasteiger partial charge in [-0.05, 0) is 61.1 Å². The molecule has 2 heterocycles. The van der Waals surface area contributed by atoms with Crippen molar-refractivity contribution < 1.29 is 32.3 Å². The van der Waals surface area contributed by atoms with Gasteiger partial charge < -0.3 is 14.6 Å². The number of rotatable bonds is 6. The van der Waals surface area contributed by atoms with Crippen LogP contribution >= 0.6 is 11.3 Å². The number of ether oxygens (including phenoxy) is 1. The summed E-state index contributed by atoms with van der Waals surface area (Å²) in [7, 11) is -3.00. The Balaban J connectivity index is 1.94. The van der Waals surface area contributed by atoms with E-state index in [1.807, 2.05) is 13.8 Å². The monoisotopic (exact) mass is 487 g/mol. The predicted molar refractivity (Wildman–Crippen MR) is 114 cm³/mol.